The van der Waals surface area contributed by atoms with Crippen LogP contribution in [-0.4, -0.2) is 70.8 Å². The van der Waals surface area contributed by atoms with E-state index in [9.17, 15) is 19.5 Å². The van der Waals surface area contributed by atoms with Crippen molar-refractivity contribution >= 4 is 17.8 Å². The van der Waals surface area contributed by atoms with E-state index >= 15 is 0 Å². The number of ether oxygens (including phenoxy) is 2. The average molecular weight is 439 g/mol. The van der Waals surface area contributed by atoms with E-state index in [1.807, 2.05) is 20.8 Å². The Labute approximate surface area is 185 Å². The van der Waals surface area contributed by atoms with Crippen LogP contribution in [0.2, 0.25) is 0 Å². The standard InChI is InChI=1S/C23H38N2O6/c1-6-9-14(5)24-20(27)19-23-11-10-16(31-23)17(22(29)30-8-3)18(23)21(28)25(19)15(12-26)13(4)7-2/h13-19,26H,6-12H2,1-5H3,(H,24,27)/t13-,14?,15-,16+,17-,18-,19?,23?/m0/s1. The molecule has 31 heavy (non-hydrogen) atoms. The van der Waals surface area contributed by atoms with Gasteiger partial charge in [-0.2, -0.15) is 0 Å². The van der Waals surface area contributed by atoms with Crippen LogP contribution in [0.1, 0.15) is 66.7 Å². The topological polar surface area (TPSA) is 105 Å². The summed E-state index contributed by atoms with van der Waals surface area (Å²) in [6, 6.07) is -1.42. The molecule has 1 spiro atoms. The first-order valence-electron chi connectivity index (χ1n) is 11.8. The lowest BCUT2D eigenvalue weighted by Gasteiger charge is -2.39. The summed E-state index contributed by atoms with van der Waals surface area (Å²) in [7, 11) is 0. The molecule has 3 aliphatic rings. The van der Waals surface area contributed by atoms with Crippen LogP contribution in [0.4, 0.5) is 0 Å². The molecule has 3 saturated heterocycles. The molecule has 8 atom stereocenters. The average Bonchev–Trinajstić information content (AvgIpc) is 3.36. The summed E-state index contributed by atoms with van der Waals surface area (Å²) in [6.45, 7) is 9.68. The molecule has 8 heteroatoms. The minimum atomic E-state index is -1.05. The lowest BCUT2D eigenvalue weighted by Crippen LogP contribution is -2.60. The van der Waals surface area contributed by atoms with Gasteiger partial charge in [-0.05, 0) is 39.0 Å². The van der Waals surface area contributed by atoms with E-state index in [1.165, 1.54) is 0 Å². The van der Waals surface area contributed by atoms with Crippen LogP contribution < -0.4 is 5.32 Å². The van der Waals surface area contributed by atoms with Gasteiger partial charge < -0.3 is 24.8 Å². The Bertz CT molecular complexity index is 700. The SMILES string of the molecule is CCCC(C)NC(=O)C1N([C@@H](CO)[C@@H](C)CC)C(=O)[C@@H]2[C@@H](C(=O)OCC)[C@H]3CCC12O3. The summed E-state index contributed by atoms with van der Waals surface area (Å²) in [6.07, 6.45) is 3.25. The van der Waals surface area contributed by atoms with Crippen LogP contribution >= 0.6 is 0 Å². The number of carbonyl (C=O) groups is 3. The molecule has 3 fully saturated rings. The van der Waals surface area contributed by atoms with Crippen molar-refractivity contribution < 1.29 is 29.0 Å². The fraction of sp³-hybridized carbons (Fsp3) is 0.870. The largest absolute Gasteiger partial charge is 0.466 e. The second-order valence-electron chi connectivity index (χ2n) is 9.39. The predicted octanol–water partition coefficient (Wildman–Crippen LogP) is 1.64. The number of hydrogen-bond acceptors (Lipinski definition) is 6. The first-order chi connectivity index (χ1) is 14.8. The van der Waals surface area contributed by atoms with Crippen LogP contribution in [0.5, 0.6) is 0 Å². The molecule has 0 radical (unpaired) electrons. The highest BCUT2D eigenvalue weighted by Crippen LogP contribution is 2.59. The number of aliphatic hydroxyl groups excluding tert-OH is 1. The van der Waals surface area contributed by atoms with Gasteiger partial charge in [0.1, 0.15) is 11.6 Å². The molecule has 176 valence electrons. The Balaban J connectivity index is 2.03. The molecule has 2 N–H and O–H groups in total. The van der Waals surface area contributed by atoms with Crippen LogP contribution in [0.3, 0.4) is 0 Å². The number of fused-ring (bicyclic) bond motifs is 1. The highest BCUT2D eigenvalue weighted by atomic mass is 16.6. The van der Waals surface area contributed by atoms with Crippen molar-refractivity contribution in [2.75, 3.05) is 13.2 Å². The second kappa shape index (κ2) is 9.45. The minimum Gasteiger partial charge on any atom is -0.466 e. The smallest absolute Gasteiger partial charge is 0.312 e. The number of hydrogen-bond donors (Lipinski definition) is 2. The first kappa shape index (κ1) is 24.0. The Morgan fingerprint density at radius 1 is 1.32 bits per heavy atom. The lowest BCUT2D eigenvalue weighted by atomic mass is 9.70. The molecule has 3 aliphatic heterocycles. The van der Waals surface area contributed by atoms with E-state index in [4.69, 9.17) is 9.47 Å². The summed E-state index contributed by atoms with van der Waals surface area (Å²) in [5.41, 5.74) is -1.05. The number of rotatable bonds is 10. The Morgan fingerprint density at radius 2 is 2.03 bits per heavy atom. The Morgan fingerprint density at radius 3 is 2.61 bits per heavy atom. The zero-order valence-electron chi connectivity index (χ0n) is 19.4. The van der Waals surface area contributed by atoms with Crippen molar-refractivity contribution in [3.8, 4) is 0 Å². The van der Waals surface area contributed by atoms with Gasteiger partial charge in [-0.3, -0.25) is 14.4 Å². The van der Waals surface area contributed by atoms with Crippen molar-refractivity contribution in [3.05, 3.63) is 0 Å². The van der Waals surface area contributed by atoms with Gasteiger partial charge >= 0.3 is 5.97 Å². The summed E-state index contributed by atoms with van der Waals surface area (Å²) in [5.74, 6) is -2.43. The third-order valence-corrected chi connectivity index (χ3v) is 7.50. The van der Waals surface area contributed by atoms with E-state index in [0.717, 1.165) is 19.3 Å². The third-order valence-electron chi connectivity index (χ3n) is 7.50. The fourth-order valence-electron chi connectivity index (χ4n) is 5.90. The number of nitrogens with one attached hydrogen (secondary N) is 1. The van der Waals surface area contributed by atoms with Gasteiger partial charge in [-0.1, -0.05) is 33.6 Å². The number of esters is 1. The zero-order valence-corrected chi connectivity index (χ0v) is 19.4. The number of nitrogens with zero attached hydrogens (tertiary/aromatic N) is 1. The Kier molecular flexibility index (Phi) is 7.31. The Hall–Kier alpha value is -1.67. The van der Waals surface area contributed by atoms with E-state index in [2.05, 4.69) is 12.2 Å². The first-order valence-corrected chi connectivity index (χ1v) is 11.8. The van der Waals surface area contributed by atoms with Gasteiger partial charge in [-0.25, -0.2) is 0 Å². The number of amides is 2. The molecule has 0 aromatic heterocycles. The minimum absolute atomic E-state index is 0.00853. The van der Waals surface area contributed by atoms with Gasteiger partial charge in [0.2, 0.25) is 11.8 Å². The summed E-state index contributed by atoms with van der Waals surface area (Å²) >= 11 is 0. The van der Waals surface area contributed by atoms with Crippen molar-refractivity contribution in [1.29, 1.82) is 0 Å². The van der Waals surface area contributed by atoms with Crippen molar-refractivity contribution in [3.63, 3.8) is 0 Å². The molecule has 0 aromatic rings. The van der Waals surface area contributed by atoms with Crippen LogP contribution in [0.25, 0.3) is 0 Å². The maximum Gasteiger partial charge on any atom is 0.312 e. The van der Waals surface area contributed by atoms with Crippen LogP contribution in [-0.2, 0) is 23.9 Å². The summed E-state index contributed by atoms with van der Waals surface area (Å²) in [4.78, 5) is 41.7. The van der Waals surface area contributed by atoms with E-state index in [-0.39, 0.29) is 37.0 Å². The fourth-order valence-corrected chi connectivity index (χ4v) is 5.90. The third kappa shape index (κ3) is 3.86. The molecule has 0 aromatic carbocycles. The van der Waals surface area contributed by atoms with E-state index in [0.29, 0.717) is 12.8 Å². The number of carbonyl (C=O) groups excluding carboxylic acids is 3. The van der Waals surface area contributed by atoms with Gasteiger partial charge in [0.05, 0.1) is 37.2 Å². The molecule has 2 amide bonds. The van der Waals surface area contributed by atoms with E-state index in [1.54, 1.807) is 11.8 Å². The highest BCUT2D eigenvalue weighted by Gasteiger charge is 2.75. The highest BCUT2D eigenvalue weighted by molar-refractivity contribution is 5.98. The maximum absolute atomic E-state index is 13.8. The van der Waals surface area contributed by atoms with Crippen molar-refractivity contribution in [1.82, 2.24) is 10.2 Å². The van der Waals surface area contributed by atoms with Crippen LogP contribution in [0.15, 0.2) is 0 Å². The van der Waals surface area contributed by atoms with Crippen LogP contribution in [0, 0.1) is 17.8 Å². The zero-order chi connectivity index (χ0) is 22.9. The monoisotopic (exact) mass is 438 g/mol. The number of likely N-dealkylation sites (tertiary alicyclic amines) is 1. The van der Waals surface area contributed by atoms with Crippen molar-refractivity contribution in [2.24, 2.45) is 17.8 Å². The second-order valence-corrected chi connectivity index (χ2v) is 9.39. The molecular weight excluding hydrogens is 400 g/mol. The maximum atomic E-state index is 13.8. The molecule has 3 rings (SSSR count). The summed E-state index contributed by atoms with van der Waals surface area (Å²) < 4.78 is 11.6. The van der Waals surface area contributed by atoms with Gasteiger partial charge in [0.25, 0.3) is 0 Å². The van der Waals surface area contributed by atoms with Gasteiger partial charge in [-0.15, -0.1) is 0 Å². The normalized spacial score (nSPS) is 34.4. The number of aliphatic hydroxyl groups is 1. The van der Waals surface area contributed by atoms with Crippen molar-refractivity contribution in [2.45, 2.75) is 96.6 Å². The summed E-state index contributed by atoms with van der Waals surface area (Å²) in [5, 5.41) is 13.3. The molecule has 3 heterocycles. The van der Waals surface area contributed by atoms with Gasteiger partial charge in [0, 0.05) is 6.04 Å². The molecule has 0 saturated carbocycles. The van der Waals surface area contributed by atoms with Gasteiger partial charge in [0.15, 0.2) is 0 Å². The molecule has 0 aliphatic carbocycles. The molecule has 3 unspecified atom stereocenters. The van der Waals surface area contributed by atoms with E-state index < -0.39 is 41.6 Å². The molecule has 8 nitrogen and oxygen atoms in total. The molecular formula is C23H38N2O6. The lowest BCUT2D eigenvalue weighted by molar-refractivity contribution is -0.156. The molecule has 2 bridgehead atoms. The quantitative estimate of drug-likeness (QED) is 0.503. The predicted molar refractivity (Wildman–Crippen MR) is 114 cm³/mol.